The first-order valence-corrected chi connectivity index (χ1v) is 10.6. The summed E-state index contributed by atoms with van der Waals surface area (Å²) in [6, 6.07) is 13.4. The molecule has 0 saturated heterocycles. The number of amides is 1. The van der Waals surface area contributed by atoms with Crippen LogP contribution in [0.25, 0.3) is 16.2 Å². The van der Waals surface area contributed by atoms with Gasteiger partial charge in [-0.1, -0.05) is 11.3 Å². The number of benzene rings is 2. The molecule has 0 radical (unpaired) electrons. The maximum Gasteiger partial charge on any atom is 0.261 e. The molecule has 0 spiro atoms. The SMILES string of the molecule is COc1ccc(OC(C)C(=O)NCc2sc3nc(-c4ccc(F)cc4)cn3c2C)cc1. The highest BCUT2D eigenvalue weighted by atomic mass is 32.1. The zero-order chi connectivity index (χ0) is 22.0. The van der Waals surface area contributed by atoms with E-state index in [9.17, 15) is 9.18 Å². The Kier molecular flexibility index (Phi) is 5.90. The van der Waals surface area contributed by atoms with Crippen LogP contribution in [0, 0.1) is 12.7 Å². The van der Waals surface area contributed by atoms with Gasteiger partial charge in [0.05, 0.1) is 19.3 Å². The molecular weight excluding hydrogens is 417 g/mol. The smallest absolute Gasteiger partial charge is 0.261 e. The van der Waals surface area contributed by atoms with Crippen molar-refractivity contribution in [3.63, 3.8) is 0 Å². The first kappa shape index (κ1) is 20.9. The Morgan fingerprint density at radius 2 is 1.84 bits per heavy atom. The van der Waals surface area contributed by atoms with E-state index in [2.05, 4.69) is 10.3 Å². The highest BCUT2D eigenvalue weighted by Gasteiger charge is 2.17. The number of aromatic nitrogens is 2. The second-order valence-electron chi connectivity index (χ2n) is 7.05. The zero-order valence-electron chi connectivity index (χ0n) is 17.4. The standard InChI is InChI=1S/C23H22FN3O3S/c1-14-21(12-25-22(28)15(2)30-19-10-8-18(29-3)9-11-19)31-23-26-20(13-27(14)23)16-4-6-17(24)7-5-16/h4-11,13,15H,12H2,1-3H3,(H,25,28). The van der Waals surface area contributed by atoms with Crippen LogP contribution in [0.4, 0.5) is 4.39 Å². The lowest BCUT2D eigenvalue weighted by Gasteiger charge is -2.14. The number of carbonyl (C=O) groups excluding carboxylic acids is 1. The van der Waals surface area contributed by atoms with E-state index in [0.29, 0.717) is 12.3 Å². The van der Waals surface area contributed by atoms with E-state index < -0.39 is 6.10 Å². The molecule has 6 nitrogen and oxygen atoms in total. The largest absolute Gasteiger partial charge is 0.497 e. The number of imidazole rings is 1. The Morgan fingerprint density at radius 3 is 2.48 bits per heavy atom. The Hall–Kier alpha value is -3.39. The van der Waals surface area contributed by atoms with Crippen LogP contribution < -0.4 is 14.8 Å². The Morgan fingerprint density at radius 1 is 1.16 bits per heavy atom. The number of thiazole rings is 1. The van der Waals surface area contributed by atoms with Crippen molar-refractivity contribution < 1.29 is 18.7 Å². The van der Waals surface area contributed by atoms with Crippen molar-refractivity contribution in [1.82, 2.24) is 14.7 Å². The number of hydrogen-bond acceptors (Lipinski definition) is 5. The fourth-order valence-electron chi connectivity index (χ4n) is 3.14. The van der Waals surface area contributed by atoms with Crippen molar-refractivity contribution >= 4 is 22.2 Å². The molecule has 2 aromatic heterocycles. The molecule has 1 N–H and O–H groups in total. The molecule has 1 atom stereocenters. The summed E-state index contributed by atoms with van der Waals surface area (Å²) < 4.78 is 26.0. The maximum atomic E-state index is 13.2. The molecule has 0 saturated carbocycles. The molecule has 8 heteroatoms. The minimum absolute atomic E-state index is 0.201. The number of fused-ring (bicyclic) bond motifs is 1. The molecule has 4 rings (SSSR count). The number of aryl methyl sites for hydroxylation is 1. The molecule has 2 aromatic carbocycles. The summed E-state index contributed by atoms with van der Waals surface area (Å²) >= 11 is 1.51. The van der Waals surface area contributed by atoms with Crippen molar-refractivity contribution in [1.29, 1.82) is 0 Å². The molecule has 31 heavy (non-hydrogen) atoms. The first-order valence-electron chi connectivity index (χ1n) is 9.76. The van der Waals surface area contributed by atoms with Gasteiger partial charge in [-0.2, -0.15) is 0 Å². The topological polar surface area (TPSA) is 64.9 Å². The van der Waals surface area contributed by atoms with Crippen LogP contribution in [0.2, 0.25) is 0 Å². The van der Waals surface area contributed by atoms with E-state index in [1.807, 2.05) is 17.5 Å². The lowest BCUT2D eigenvalue weighted by atomic mass is 10.2. The van der Waals surface area contributed by atoms with Crippen LogP contribution in [0.3, 0.4) is 0 Å². The first-order chi connectivity index (χ1) is 14.9. The van der Waals surface area contributed by atoms with Gasteiger partial charge < -0.3 is 14.8 Å². The number of hydrogen-bond donors (Lipinski definition) is 1. The molecule has 0 bridgehead atoms. The molecule has 1 unspecified atom stereocenters. The minimum Gasteiger partial charge on any atom is -0.497 e. The van der Waals surface area contributed by atoms with Crippen LogP contribution in [-0.2, 0) is 11.3 Å². The van der Waals surface area contributed by atoms with Crippen molar-refractivity contribution in [3.05, 3.63) is 71.1 Å². The highest BCUT2D eigenvalue weighted by Crippen LogP contribution is 2.27. The maximum absolute atomic E-state index is 13.2. The quantitative estimate of drug-likeness (QED) is 0.457. The molecular formula is C23H22FN3O3S. The molecule has 0 aliphatic rings. The van der Waals surface area contributed by atoms with Gasteiger partial charge in [0, 0.05) is 22.3 Å². The van der Waals surface area contributed by atoms with E-state index in [1.165, 1.54) is 23.5 Å². The molecule has 0 aliphatic carbocycles. The summed E-state index contributed by atoms with van der Waals surface area (Å²) in [5.74, 6) is 0.852. The Balaban J connectivity index is 1.39. The number of rotatable bonds is 7. The number of methoxy groups -OCH3 is 1. The van der Waals surface area contributed by atoms with E-state index in [-0.39, 0.29) is 11.7 Å². The van der Waals surface area contributed by atoms with Gasteiger partial charge >= 0.3 is 0 Å². The summed E-state index contributed by atoms with van der Waals surface area (Å²) in [6.07, 6.45) is 1.29. The fourth-order valence-corrected chi connectivity index (χ4v) is 4.18. The summed E-state index contributed by atoms with van der Waals surface area (Å²) in [5.41, 5.74) is 2.65. The lowest BCUT2D eigenvalue weighted by molar-refractivity contribution is -0.127. The summed E-state index contributed by atoms with van der Waals surface area (Å²) in [6.45, 7) is 4.09. The van der Waals surface area contributed by atoms with Gasteiger partial charge in [0.1, 0.15) is 17.3 Å². The second-order valence-corrected chi connectivity index (χ2v) is 8.11. The fraction of sp³-hybridized carbons (Fsp3) is 0.217. The number of halogens is 1. The van der Waals surface area contributed by atoms with Gasteiger partial charge in [-0.3, -0.25) is 9.20 Å². The monoisotopic (exact) mass is 439 g/mol. The van der Waals surface area contributed by atoms with Gasteiger partial charge in [0.25, 0.3) is 5.91 Å². The van der Waals surface area contributed by atoms with Crippen molar-refractivity contribution in [2.75, 3.05) is 7.11 Å². The van der Waals surface area contributed by atoms with Gasteiger partial charge in [0.2, 0.25) is 0 Å². The van der Waals surface area contributed by atoms with Crippen molar-refractivity contribution in [3.8, 4) is 22.8 Å². The number of ether oxygens (including phenoxy) is 2. The molecule has 0 fully saturated rings. The number of nitrogens with one attached hydrogen (secondary N) is 1. The molecule has 0 aliphatic heterocycles. The summed E-state index contributed by atoms with van der Waals surface area (Å²) in [5, 5.41) is 2.92. The predicted octanol–water partition coefficient (Wildman–Crippen LogP) is 4.60. The van der Waals surface area contributed by atoms with E-state index >= 15 is 0 Å². The van der Waals surface area contributed by atoms with Crippen LogP contribution in [0.15, 0.2) is 54.7 Å². The van der Waals surface area contributed by atoms with Crippen molar-refractivity contribution in [2.45, 2.75) is 26.5 Å². The van der Waals surface area contributed by atoms with E-state index in [4.69, 9.17) is 9.47 Å². The van der Waals surface area contributed by atoms with E-state index in [0.717, 1.165) is 32.5 Å². The highest BCUT2D eigenvalue weighted by molar-refractivity contribution is 7.17. The summed E-state index contributed by atoms with van der Waals surface area (Å²) in [4.78, 5) is 18.9. The second kappa shape index (κ2) is 8.77. The average Bonchev–Trinajstić information content (AvgIpc) is 3.32. The van der Waals surface area contributed by atoms with Gasteiger partial charge in [-0.15, -0.1) is 0 Å². The Labute approximate surface area is 183 Å². The molecule has 160 valence electrons. The van der Waals surface area contributed by atoms with Crippen molar-refractivity contribution in [2.24, 2.45) is 0 Å². The Bertz CT molecular complexity index is 1200. The van der Waals surface area contributed by atoms with Crippen LogP contribution in [0.5, 0.6) is 11.5 Å². The summed E-state index contributed by atoms with van der Waals surface area (Å²) in [7, 11) is 1.60. The third-order valence-corrected chi connectivity index (χ3v) is 6.11. The van der Waals surface area contributed by atoms with Gasteiger partial charge in [0.15, 0.2) is 11.1 Å². The van der Waals surface area contributed by atoms with Gasteiger partial charge in [-0.25, -0.2) is 9.37 Å². The predicted molar refractivity (Wildman–Crippen MR) is 118 cm³/mol. The van der Waals surface area contributed by atoms with E-state index in [1.54, 1.807) is 50.4 Å². The average molecular weight is 440 g/mol. The number of carbonyl (C=O) groups is 1. The van der Waals surface area contributed by atoms with Gasteiger partial charge in [-0.05, 0) is 62.4 Å². The lowest BCUT2D eigenvalue weighted by Crippen LogP contribution is -2.35. The van der Waals surface area contributed by atoms with Crippen LogP contribution >= 0.6 is 11.3 Å². The molecule has 2 heterocycles. The van der Waals surface area contributed by atoms with Crippen LogP contribution in [0.1, 0.15) is 17.5 Å². The van der Waals surface area contributed by atoms with Crippen LogP contribution in [-0.4, -0.2) is 28.5 Å². The third-order valence-electron chi connectivity index (χ3n) is 4.96. The third kappa shape index (κ3) is 4.54. The molecule has 4 aromatic rings. The molecule has 1 amide bonds. The zero-order valence-corrected chi connectivity index (χ0v) is 18.2. The minimum atomic E-state index is -0.636. The normalized spacial score (nSPS) is 12.0. The number of nitrogens with zero attached hydrogens (tertiary/aromatic N) is 2.